The molecule has 0 aromatic heterocycles. The van der Waals surface area contributed by atoms with Gasteiger partial charge in [-0.15, -0.1) is 0 Å². The van der Waals surface area contributed by atoms with E-state index < -0.39 is 0 Å². The van der Waals surface area contributed by atoms with Gasteiger partial charge in [0.25, 0.3) is 0 Å². The molecule has 2 nitrogen and oxygen atoms in total. The maximum Gasteiger partial charge on any atom is 0.0480 e. The average molecular weight is 223 g/mol. The first-order chi connectivity index (χ1) is 7.83. The standard InChI is InChI=1S/C14H25NO/c1-10(15-13-4-6-16-7-5-13)14-9-11-2-3-12(14)8-11/h10-15H,2-9H2,1H3. The Morgan fingerprint density at radius 1 is 1.06 bits per heavy atom. The Balaban J connectivity index is 1.51. The lowest BCUT2D eigenvalue weighted by molar-refractivity contribution is 0.0711. The molecular formula is C14H25NO. The fourth-order valence-electron chi connectivity index (χ4n) is 4.27. The Kier molecular flexibility index (Phi) is 3.21. The van der Waals surface area contributed by atoms with Crippen LogP contribution in [0.15, 0.2) is 0 Å². The molecule has 4 unspecified atom stereocenters. The van der Waals surface area contributed by atoms with E-state index in [-0.39, 0.29) is 0 Å². The molecule has 2 saturated carbocycles. The smallest absolute Gasteiger partial charge is 0.0480 e. The molecule has 92 valence electrons. The zero-order valence-corrected chi connectivity index (χ0v) is 10.5. The summed E-state index contributed by atoms with van der Waals surface area (Å²) in [6.07, 6.45) is 8.49. The molecule has 16 heavy (non-hydrogen) atoms. The van der Waals surface area contributed by atoms with Gasteiger partial charge in [-0.25, -0.2) is 0 Å². The topological polar surface area (TPSA) is 21.3 Å². The van der Waals surface area contributed by atoms with E-state index >= 15 is 0 Å². The van der Waals surface area contributed by atoms with Gasteiger partial charge in [0.2, 0.25) is 0 Å². The first-order valence-electron chi connectivity index (χ1n) is 7.16. The second kappa shape index (κ2) is 4.66. The molecule has 2 aliphatic carbocycles. The van der Waals surface area contributed by atoms with Crippen LogP contribution in [0, 0.1) is 17.8 Å². The minimum Gasteiger partial charge on any atom is -0.381 e. The molecule has 0 amide bonds. The summed E-state index contributed by atoms with van der Waals surface area (Å²) in [5, 5.41) is 3.87. The number of nitrogens with one attached hydrogen (secondary N) is 1. The second-order valence-electron chi connectivity index (χ2n) is 6.18. The lowest BCUT2D eigenvalue weighted by atomic mass is 9.83. The van der Waals surface area contributed by atoms with Crippen LogP contribution < -0.4 is 5.32 Å². The summed E-state index contributed by atoms with van der Waals surface area (Å²) >= 11 is 0. The largest absolute Gasteiger partial charge is 0.381 e. The van der Waals surface area contributed by atoms with Crippen LogP contribution in [0.3, 0.4) is 0 Å². The number of hydrogen-bond acceptors (Lipinski definition) is 2. The van der Waals surface area contributed by atoms with E-state index in [1.54, 1.807) is 0 Å². The quantitative estimate of drug-likeness (QED) is 0.794. The predicted molar refractivity (Wildman–Crippen MR) is 65.4 cm³/mol. The first-order valence-corrected chi connectivity index (χ1v) is 7.16. The van der Waals surface area contributed by atoms with E-state index in [9.17, 15) is 0 Å². The molecule has 0 aromatic carbocycles. The fraction of sp³-hybridized carbons (Fsp3) is 1.00. The van der Waals surface area contributed by atoms with Crippen molar-refractivity contribution in [1.82, 2.24) is 5.32 Å². The van der Waals surface area contributed by atoms with Crippen molar-refractivity contribution < 1.29 is 4.74 Å². The van der Waals surface area contributed by atoms with Gasteiger partial charge in [-0.1, -0.05) is 6.42 Å². The van der Waals surface area contributed by atoms with Crippen LogP contribution in [0.25, 0.3) is 0 Å². The Bertz CT molecular complexity index is 237. The minimum absolute atomic E-state index is 0.725. The van der Waals surface area contributed by atoms with Crippen molar-refractivity contribution in [3.8, 4) is 0 Å². The van der Waals surface area contributed by atoms with Gasteiger partial charge in [0.1, 0.15) is 0 Å². The molecule has 0 spiro atoms. The van der Waals surface area contributed by atoms with Crippen LogP contribution in [0.4, 0.5) is 0 Å². The molecule has 0 aromatic rings. The van der Waals surface area contributed by atoms with Crippen molar-refractivity contribution in [3.05, 3.63) is 0 Å². The highest BCUT2D eigenvalue weighted by molar-refractivity contribution is 4.94. The van der Waals surface area contributed by atoms with Crippen molar-refractivity contribution >= 4 is 0 Å². The molecule has 2 bridgehead atoms. The average Bonchev–Trinajstić information content (AvgIpc) is 2.92. The molecule has 4 atom stereocenters. The van der Waals surface area contributed by atoms with Crippen molar-refractivity contribution in [2.24, 2.45) is 17.8 Å². The number of fused-ring (bicyclic) bond motifs is 2. The van der Waals surface area contributed by atoms with Gasteiger partial charge in [-0.2, -0.15) is 0 Å². The molecular weight excluding hydrogens is 198 g/mol. The van der Waals surface area contributed by atoms with E-state index in [4.69, 9.17) is 4.74 Å². The zero-order chi connectivity index (χ0) is 11.0. The van der Waals surface area contributed by atoms with Crippen molar-refractivity contribution in [3.63, 3.8) is 0 Å². The van der Waals surface area contributed by atoms with Gasteiger partial charge >= 0.3 is 0 Å². The molecule has 1 heterocycles. The maximum absolute atomic E-state index is 5.42. The second-order valence-corrected chi connectivity index (χ2v) is 6.18. The molecule has 1 N–H and O–H groups in total. The first kappa shape index (κ1) is 11.0. The molecule has 1 saturated heterocycles. The number of rotatable bonds is 3. The van der Waals surface area contributed by atoms with Gasteiger partial charge in [0.15, 0.2) is 0 Å². The number of hydrogen-bond donors (Lipinski definition) is 1. The third-order valence-corrected chi connectivity index (χ3v) is 5.15. The van der Waals surface area contributed by atoms with Gasteiger partial charge in [-0.05, 0) is 56.8 Å². The monoisotopic (exact) mass is 223 g/mol. The normalized spacial score (nSPS) is 41.4. The third kappa shape index (κ3) is 2.14. The Labute approximate surface area is 99.1 Å². The molecule has 3 aliphatic rings. The minimum atomic E-state index is 0.725. The molecule has 3 fully saturated rings. The van der Waals surface area contributed by atoms with Crippen molar-refractivity contribution in [2.45, 2.75) is 57.5 Å². The molecule has 0 radical (unpaired) electrons. The van der Waals surface area contributed by atoms with Gasteiger partial charge in [0, 0.05) is 25.3 Å². The van der Waals surface area contributed by atoms with Crippen LogP contribution in [-0.4, -0.2) is 25.3 Å². The maximum atomic E-state index is 5.42. The van der Waals surface area contributed by atoms with E-state index in [1.165, 1.54) is 38.5 Å². The van der Waals surface area contributed by atoms with Crippen LogP contribution in [0.1, 0.15) is 45.4 Å². The van der Waals surface area contributed by atoms with E-state index in [1.807, 2.05) is 0 Å². The Morgan fingerprint density at radius 3 is 2.50 bits per heavy atom. The summed E-state index contributed by atoms with van der Waals surface area (Å²) in [5.74, 6) is 3.10. The highest BCUT2D eigenvalue weighted by Gasteiger charge is 2.42. The lowest BCUT2D eigenvalue weighted by Crippen LogP contribution is -2.44. The summed E-state index contributed by atoms with van der Waals surface area (Å²) in [6, 6.07) is 1.46. The Hall–Kier alpha value is -0.0800. The highest BCUT2D eigenvalue weighted by atomic mass is 16.5. The van der Waals surface area contributed by atoms with Gasteiger partial charge in [0.05, 0.1) is 0 Å². The van der Waals surface area contributed by atoms with Crippen molar-refractivity contribution in [1.29, 1.82) is 0 Å². The van der Waals surface area contributed by atoms with E-state index in [0.29, 0.717) is 0 Å². The van der Waals surface area contributed by atoms with Crippen LogP contribution in [0.5, 0.6) is 0 Å². The summed E-state index contributed by atoms with van der Waals surface area (Å²) in [5.41, 5.74) is 0. The van der Waals surface area contributed by atoms with Crippen LogP contribution >= 0.6 is 0 Å². The SMILES string of the molecule is CC(NC1CCOCC1)C1CC2CCC1C2. The predicted octanol–water partition coefficient (Wildman–Crippen LogP) is 2.58. The Morgan fingerprint density at radius 2 is 1.88 bits per heavy atom. The highest BCUT2D eigenvalue weighted by Crippen LogP contribution is 2.49. The zero-order valence-electron chi connectivity index (χ0n) is 10.5. The number of ether oxygens (including phenoxy) is 1. The lowest BCUT2D eigenvalue weighted by Gasteiger charge is -2.33. The van der Waals surface area contributed by atoms with Crippen LogP contribution in [0.2, 0.25) is 0 Å². The molecule has 2 heteroatoms. The van der Waals surface area contributed by atoms with Gasteiger partial charge in [-0.3, -0.25) is 0 Å². The van der Waals surface area contributed by atoms with E-state index in [0.717, 1.165) is 43.1 Å². The summed E-state index contributed by atoms with van der Waals surface area (Å²) in [7, 11) is 0. The molecule has 1 aliphatic heterocycles. The third-order valence-electron chi connectivity index (χ3n) is 5.15. The molecule has 3 rings (SSSR count). The summed E-state index contributed by atoms with van der Waals surface area (Å²) in [4.78, 5) is 0. The summed E-state index contributed by atoms with van der Waals surface area (Å²) in [6.45, 7) is 4.34. The fourth-order valence-corrected chi connectivity index (χ4v) is 4.27. The van der Waals surface area contributed by atoms with E-state index in [2.05, 4.69) is 12.2 Å². The summed E-state index contributed by atoms with van der Waals surface area (Å²) < 4.78 is 5.42. The van der Waals surface area contributed by atoms with Gasteiger partial charge < -0.3 is 10.1 Å². The van der Waals surface area contributed by atoms with Crippen LogP contribution in [-0.2, 0) is 4.74 Å². The van der Waals surface area contributed by atoms with Crippen molar-refractivity contribution in [2.75, 3.05) is 13.2 Å².